The molecule has 1 aromatic rings. The van der Waals surface area contributed by atoms with Crippen molar-refractivity contribution in [3.63, 3.8) is 0 Å². The molecule has 80 valence electrons. The molecule has 0 atom stereocenters. The number of rotatable bonds is 1. The molecular formula is C10H9FINO2. The van der Waals surface area contributed by atoms with E-state index in [4.69, 9.17) is 5.11 Å². The Labute approximate surface area is 100 Å². The first kappa shape index (κ1) is 10.8. The summed E-state index contributed by atoms with van der Waals surface area (Å²) in [5.74, 6) is -0.478. The van der Waals surface area contributed by atoms with Crippen LogP contribution in [0.4, 0.5) is 4.39 Å². The summed E-state index contributed by atoms with van der Waals surface area (Å²) >= 11 is 1.85. The van der Waals surface area contributed by atoms with Gasteiger partial charge in [-0.1, -0.05) is 0 Å². The lowest BCUT2D eigenvalue weighted by atomic mass is 10.1. The molecule has 0 aliphatic carbocycles. The molecular weight excluding hydrogens is 312 g/mol. The lowest BCUT2D eigenvalue weighted by Crippen LogP contribution is -2.53. The fraction of sp³-hybridized carbons (Fsp3) is 0.300. The van der Waals surface area contributed by atoms with Gasteiger partial charge in [0.1, 0.15) is 5.82 Å². The zero-order valence-electron chi connectivity index (χ0n) is 7.78. The first-order chi connectivity index (χ1) is 7.08. The molecule has 0 radical (unpaired) electrons. The van der Waals surface area contributed by atoms with Crippen molar-refractivity contribution in [2.75, 3.05) is 13.1 Å². The third-order valence-electron chi connectivity index (χ3n) is 2.32. The molecule has 1 aliphatic heterocycles. The topological polar surface area (TPSA) is 40.5 Å². The fourth-order valence-electron chi connectivity index (χ4n) is 1.43. The number of β-amino-alcohol motifs (C(OH)–C–C–N with tert-alkyl or cyclic N) is 1. The molecule has 0 saturated carbocycles. The molecule has 0 unspecified atom stereocenters. The van der Waals surface area contributed by atoms with Crippen LogP contribution in [0, 0.1) is 9.39 Å². The summed E-state index contributed by atoms with van der Waals surface area (Å²) in [5, 5.41) is 9.06. The molecule has 0 aromatic heterocycles. The van der Waals surface area contributed by atoms with Gasteiger partial charge in [0.2, 0.25) is 0 Å². The van der Waals surface area contributed by atoms with E-state index in [0.29, 0.717) is 22.2 Å². The zero-order valence-corrected chi connectivity index (χ0v) is 9.94. The normalized spacial score (nSPS) is 16.3. The van der Waals surface area contributed by atoms with Crippen LogP contribution in [0.5, 0.6) is 0 Å². The van der Waals surface area contributed by atoms with E-state index in [1.54, 1.807) is 0 Å². The van der Waals surface area contributed by atoms with Crippen LogP contribution in [-0.4, -0.2) is 35.1 Å². The van der Waals surface area contributed by atoms with Gasteiger partial charge in [-0.05, 0) is 40.8 Å². The molecule has 1 N–H and O–H groups in total. The highest BCUT2D eigenvalue weighted by molar-refractivity contribution is 14.1. The highest BCUT2D eigenvalue weighted by atomic mass is 127. The van der Waals surface area contributed by atoms with Crippen LogP contribution in [0.25, 0.3) is 0 Å². The molecule has 0 bridgehead atoms. The number of likely N-dealkylation sites (tertiary alicyclic amines) is 1. The quantitative estimate of drug-likeness (QED) is 0.791. The Morgan fingerprint density at radius 2 is 2.20 bits per heavy atom. The highest BCUT2D eigenvalue weighted by Gasteiger charge is 2.29. The maximum atomic E-state index is 12.9. The van der Waals surface area contributed by atoms with Gasteiger partial charge >= 0.3 is 0 Å². The Morgan fingerprint density at radius 1 is 1.53 bits per heavy atom. The van der Waals surface area contributed by atoms with E-state index in [1.165, 1.54) is 23.1 Å². The van der Waals surface area contributed by atoms with E-state index < -0.39 is 6.10 Å². The maximum Gasteiger partial charge on any atom is 0.254 e. The SMILES string of the molecule is O=C(c1ccc(F)c(I)c1)N1CC(O)C1. The number of nitrogens with zero attached hydrogens (tertiary/aromatic N) is 1. The number of hydrogen-bond donors (Lipinski definition) is 1. The molecule has 1 aromatic carbocycles. The monoisotopic (exact) mass is 321 g/mol. The number of carbonyl (C=O) groups excluding carboxylic acids is 1. The second kappa shape index (κ2) is 4.05. The number of aliphatic hydroxyl groups excluding tert-OH is 1. The Balaban J connectivity index is 2.16. The molecule has 0 spiro atoms. The predicted molar refractivity (Wildman–Crippen MR) is 61.0 cm³/mol. The summed E-state index contributed by atoms with van der Waals surface area (Å²) in [7, 11) is 0. The summed E-state index contributed by atoms with van der Waals surface area (Å²) in [6, 6.07) is 4.26. The smallest absolute Gasteiger partial charge is 0.254 e. The molecule has 15 heavy (non-hydrogen) atoms. The van der Waals surface area contributed by atoms with Gasteiger partial charge in [-0.2, -0.15) is 0 Å². The number of hydrogen-bond acceptors (Lipinski definition) is 2. The zero-order chi connectivity index (χ0) is 11.0. The Hall–Kier alpha value is -0.690. The van der Waals surface area contributed by atoms with Gasteiger partial charge in [-0.25, -0.2) is 4.39 Å². The summed E-state index contributed by atoms with van der Waals surface area (Å²) < 4.78 is 13.4. The maximum absolute atomic E-state index is 12.9. The summed E-state index contributed by atoms with van der Waals surface area (Å²) in [4.78, 5) is 13.3. The lowest BCUT2D eigenvalue weighted by Gasteiger charge is -2.35. The second-order valence-electron chi connectivity index (χ2n) is 3.49. The number of amides is 1. The van der Waals surface area contributed by atoms with Gasteiger partial charge in [0.05, 0.1) is 6.10 Å². The molecule has 5 heteroatoms. The first-order valence-corrected chi connectivity index (χ1v) is 5.58. The number of halogens is 2. The van der Waals surface area contributed by atoms with Crippen LogP contribution in [-0.2, 0) is 0 Å². The summed E-state index contributed by atoms with van der Waals surface area (Å²) in [5.41, 5.74) is 0.465. The van der Waals surface area contributed by atoms with Crippen LogP contribution >= 0.6 is 22.6 Å². The average Bonchev–Trinajstić information content (AvgIpc) is 2.16. The summed E-state index contributed by atoms with van der Waals surface area (Å²) in [6.07, 6.45) is -0.409. The lowest BCUT2D eigenvalue weighted by molar-refractivity contribution is 0.00588. The van der Waals surface area contributed by atoms with Crippen molar-refractivity contribution in [1.82, 2.24) is 4.90 Å². The molecule has 1 saturated heterocycles. The highest BCUT2D eigenvalue weighted by Crippen LogP contribution is 2.17. The van der Waals surface area contributed by atoms with Crippen LogP contribution in [0.15, 0.2) is 18.2 Å². The third kappa shape index (κ3) is 2.12. The minimum absolute atomic E-state index is 0.154. The van der Waals surface area contributed by atoms with E-state index in [-0.39, 0.29) is 11.7 Å². The van der Waals surface area contributed by atoms with Gasteiger partial charge < -0.3 is 10.0 Å². The van der Waals surface area contributed by atoms with Gasteiger partial charge in [-0.15, -0.1) is 0 Å². The number of benzene rings is 1. The van der Waals surface area contributed by atoms with Crippen molar-refractivity contribution in [3.8, 4) is 0 Å². The Morgan fingerprint density at radius 3 is 2.73 bits per heavy atom. The Bertz CT molecular complexity index is 404. The Kier molecular flexibility index (Phi) is 2.92. The van der Waals surface area contributed by atoms with E-state index in [2.05, 4.69) is 0 Å². The summed E-state index contributed by atoms with van der Waals surface area (Å²) in [6.45, 7) is 0.736. The van der Waals surface area contributed by atoms with Crippen molar-refractivity contribution in [3.05, 3.63) is 33.1 Å². The fourth-order valence-corrected chi connectivity index (χ4v) is 1.95. The van der Waals surface area contributed by atoms with E-state index in [0.717, 1.165) is 0 Å². The molecule has 2 rings (SSSR count). The minimum Gasteiger partial charge on any atom is -0.389 e. The number of carbonyl (C=O) groups is 1. The van der Waals surface area contributed by atoms with Crippen molar-refractivity contribution in [2.45, 2.75) is 6.10 Å². The largest absolute Gasteiger partial charge is 0.389 e. The standard InChI is InChI=1S/C10H9FINO2/c11-8-2-1-6(3-9(8)12)10(15)13-4-7(14)5-13/h1-3,7,14H,4-5H2. The predicted octanol–water partition coefficient (Wildman–Crippen LogP) is 1.25. The van der Waals surface area contributed by atoms with Gasteiger partial charge in [0.25, 0.3) is 5.91 Å². The number of aliphatic hydroxyl groups is 1. The first-order valence-electron chi connectivity index (χ1n) is 4.50. The molecule has 1 aliphatic rings. The van der Waals surface area contributed by atoms with Crippen molar-refractivity contribution in [2.24, 2.45) is 0 Å². The van der Waals surface area contributed by atoms with Gasteiger partial charge in [0.15, 0.2) is 0 Å². The molecule has 3 nitrogen and oxygen atoms in total. The average molecular weight is 321 g/mol. The van der Waals surface area contributed by atoms with Crippen molar-refractivity contribution in [1.29, 1.82) is 0 Å². The van der Waals surface area contributed by atoms with Gasteiger partial charge in [0, 0.05) is 22.2 Å². The second-order valence-corrected chi connectivity index (χ2v) is 4.66. The molecule has 1 heterocycles. The van der Waals surface area contributed by atoms with Crippen molar-refractivity contribution < 1.29 is 14.3 Å². The van der Waals surface area contributed by atoms with E-state index >= 15 is 0 Å². The van der Waals surface area contributed by atoms with Crippen LogP contribution in [0.3, 0.4) is 0 Å². The minimum atomic E-state index is -0.409. The van der Waals surface area contributed by atoms with Gasteiger partial charge in [-0.3, -0.25) is 4.79 Å². The van der Waals surface area contributed by atoms with Crippen LogP contribution in [0.1, 0.15) is 10.4 Å². The van der Waals surface area contributed by atoms with Crippen LogP contribution < -0.4 is 0 Å². The molecule has 1 amide bonds. The van der Waals surface area contributed by atoms with E-state index in [9.17, 15) is 9.18 Å². The third-order valence-corrected chi connectivity index (χ3v) is 3.14. The molecule has 1 fully saturated rings. The van der Waals surface area contributed by atoms with Crippen molar-refractivity contribution >= 4 is 28.5 Å². The van der Waals surface area contributed by atoms with Crippen LogP contribution in [0.2, 0.25) is 0 Å². The van der Waals surface area contributed by atoms with E-state index in [1.807, 2.05) is 22.6 Å².